The van der Waals surface area contributed by atoms with Gasteiger partial charge in [-0.15, -0.1) is 0 Å². The third kappa shape index (κ3) is 2.16. The van der Waals surface area contributed by atoms with E-state index in [2.05, 4.69) is 10.3 Å². The van der Waals surface area contributed by atoms with Gasteiger partial charge in [-0.25, -0.2) is 9.78 Å². The van der Waals surface area contributed by atoms with Crippen LogP contribution in [0, 0.1) is 0 Å². The number of hydrogen-bond acceptors (Lipinski definition) is 4. The van der Waals surface area contributed by atoms with E-state index in [9.17, 15) is 4.79 Å². The number of furan rings is 1. The molecule has 0 fully saturated rings. The van der Waals surface area contributed by atoms with Crippen LogP contribution < -0.4 is 9.88 Å². The summed E-state index contributed by atoms with van der Waals surface area (Å²) in [5.74, 6) is 1.50. The zero-order chi connectivity index (χ0) is 14.9. The lowest BCUT2D eigenvalue weighted by Crippen LogP contribution is -2.43. The molecule has 1 unspecified atom stereocenters. The number of anilines is 1. The lowest BCUT2D eigenvalue weighted by molar-refractivity contribution is -0.552. The molecule has 5 nitrogen and oxygen atoms in total. The molecule has 0 amide bonds. The average molecular weight is 292 g/mol. The highest BCUT2D eigenvalue weighted by Gasteiger charge is 2.39. The summed E-state index contributed by atoms with van der Waals surface area (Å²) < 4.78 is 6.95. The van der Waals surface area contributed by atoms with Gasteiger partial charge < -0.3 is 4.42 Å². The second kappa shape index (κ2) is 5.11. The Kier molecular flexibility index (Phi) is 2.96. The van der Waals surface area contributed by atoms with E-state index in [0.29, 0.717) is 12.2 Å². The Morgan fingerprint density at radius 3 is 2.82 bits per heavy atom. The Bertz CT molecular complexity index is 813. The summed E-state index contributed by atoms with van der Waals surface area (Å²) in [6.07, 6.45) is 5.61. The van der Waals surface area contributed by atoms with Crippen LogP contribution in [0.3, 0.4) is 0 Å². The van der Waals surface area contributed by atoms with E-state index in [4.69, 9.17) is 4.42 Å². The van der Waals surface area contributed by atoms with Gasteiger partial charge in [-0.3, -0.25) is 5.32 Å². The standard InChI is InChI=1S/C17H13N3O2/c21-17-14(9-13-7-4-8-22-13)19-16-10-18-15(11-20(16)17)12-5-2-1-3-6-12/h1-8,10-11,14H,9H2/p+1. The number of nitrogens with zero attached hydrogens (tertiary/aromatic N) is 2. The van der Waals surface area contributed by atoms with Gasteiger partial charge in [0.15, 0.2) is 0 Å². The Balaban J connectivity index is 1.64. The van der Waals surface area contributed by atoms with Crippen LogP contribution in [0.2, 0.25) is 0 Å². The van der Waals surface area contributed by atoms with Crippen LogP contribution in [-0.4, -0.2) is 16.9 Å². The number of aromatic nitrogens is 2. The molecular weight excluding hydrogens is 278 g/mol. The van der Waals surface area contributed by atoms with Gasteiger partial charge in [0.25, 0.3) is 0 Å². The molecule has 108 valence electrons. The van der Waals surface area contributed by atoms with E-state index < -0.39 is 0 Å². The minimum Gasteiger partial charge on any atom is -0.469 e. The molecule has 4 rings (SSSR count). The molecule has 1 N–H and O–H groups in total. The van der Waals surface area contributed by atoms with Gasteiger partial charge in [0.2, 0.25) is 6.04 Å². The van der Waals surface area contributed by atoms with Gasteiger partial charge in [0, 0.05) is 5.56 Å². The van der Waals surface area contributed by atoms with Crippen LogP contribution >= 0.6 is 0 Å². The molecule has 3 aromatic rings. The molecule has 1 atom stereocenters. The average Bonchev–Trinajstić information content (AvgIpc) is 3.17. The molecule has 0 saturated heterocycles. The van der Waals surface area contributed by atoms with Crippen molar-refractivity contribution < 1.29 is 13.8 Å². The van der Waals surface area contributed by atoms with E-state index in [1.807, 2.05) is 42.5 Å². The zero-order valence-electron chi connectivity index (χ0n) is 11.8. The highest BCUT2D eigenvalue weighted by molar-refractivity contribution is 5.81. The van der Waals surface area contributed by atoms with Crippen molar-refractivity contribution in [2.24, 2.45) is 0 Å². The molecule has 5 heteroatoms. The second-order valence-corrected chi connectivity index (χ2v) is 5.21. The van der Waals surface area contributed by atoms with Gasteiger partial charge >= 0.3 is 11.7 Å². The minimum absolute atomic E-state index is 0.00554. The van der Waals surface area contributed by atoms with E-state index >= 15 is 0 Å². The number of rotatable bonds is 3. The van der Waals surface area contributed by atoms with Gasteiger partial charge in [0.05, 0.1) is 12.7 Å². The summed E-state index contributed by atoms with van der Waals surface area (Å²) in [6.45, 7) is 0. The Morgan fingerprint density at radius 1 is 1.18 bits per heavy atom. The lowest BCUT2D eigenvalue weighted by atomic mass is 10.1. The van der Waals surface area contributed by atoms with Gasteiger partial charge in [0.1, 0.15) is 23.8 Å². The maximum Gasteiger partial charge on any atom is 0.359 e. The van der Waals surface area contributed by atoms with Gasteiger partial charge in [-0.05, 0) is 12.1 Å². The van der Waals surface area contributed by atoms with Crippen molar-refractivity contribution in [2.45, 2.75) is 12.5 Å². The largest absolute Gasteiger partial charge is 0.469 e. The Labute approximate surface area is 127 Å². The summed E-state index contributed by atoms with van der Waals surface area (Å²) in [6, 6.07) is 13.2. The van der Waals surface area contributed by atoms with Crippen molar-refractivity contribution in [3.63, 3.8) is 0 Å². The fourth-order valence-electron chi connectivity index (χ4n) is 2.64. The fraction of sp³-hybridized carbons (Fsp3) is 0.118. The maximum atomic E-state index is 12.5. The zero-order valence-corrected chi connectivity index (χ0v) is 11.8. The van der Waals surface area contributed by atoms with Crippen LogP contribution in [0.15, 0.2) is 65.5 Å². The minimum atomic E-state index is -0.320. The maximum absolute atomic E-state index is 12.5. The summed E-state index contributed by atoms with van der Waals surface area (Å²) in [5, 5.41) is 3.19. The molecule has 0 saturated carbocycles. The molecule has 1 aliphatic heterocycles. The first-order chi connectivity index (χ1) is 10.8. The van der Waals surface area contributed by atoms with Crippen LogP contribution in [0.25, 0.3) is 11.3 Å². The SMILES string of the molecule is O=C1C(Cc2ccco2)Nc2cnc(-c3ccccc3)c[n+]21. The smallest absolute Gasteiger partial charge is 0.359 e. The summed E-state index contributed by atoms with van der Waals surface area (Å²) in [5.41, 5.74) is 1.76. The molecule has 2 aromatic heterocycles. The van der Waals surface area contributed by atoms with Crippen molar-refractivity contribution in [3.05, 3.63) is 66.9 Å². The monoisotopic (exact) mass is 292 g/mol. The van der Waals surface area contributed by atoms with Gasteiger partial charge in [-0.1, -0.05) is 30.3 Å². The summed E-state index contributed by atoms with van der Waals surface area (Å²) in [4.78, 5) is 17.0. The van der Waals surface area contributed by atoms with E-state index in [0.717, 1.165) is 17.0 Å². The molecule has 3 heterocycles. The van der Waals surface area contributed by atoms with Crippen molar-refractivity contribution in [1.29, 1.82) is 0 Å². The number of nitrogens with one attached hydrogen (secondary N) is 1. The first-order valence-corrected chi connectivity index (χ1v) is 7.11. The predicted octanol–water partition coefficient (Wildman–Crippen LogP) is 2.31. The first kappa shape index (κ1) is 12.8. The van der Waals surface area contributed by atoms with Crippen molar-refractivity contribution >= 4 is 11.7 Å². The second-order valence-electron chi connectivity index (χ2n) is 5.21. The third-order valence-corrected chi connectivity index (χ3v) is 3.75. The molecule has 1 aromatic carbocycles. The molecule has 0 aliphatic carbocycles. The molecule has 0 radical (unpaired) electrons. The number of carbonyl (C=O) groups is 1. The van der Waals surface area contributed by atoms with E-state index in [1.54, 1.807) is 23.2 Å². The third-order valence-electron chi connectivity index (χ3n) is 3.75. The van der Waals surface area contributed by atoms with E-state index in [1.165, 1.54) is 0 Å². The molecule has 0 bridgehead atoms. The number of benzene rings is 1. The topological polar surface area (TPSA) is 59.0 Å². The predicted molar refractivity (Wildman–Crippen MR) is 80.3 cm³/mol. The summed E-state index contributed by atoms with van der Waals surface area (Å²) >= 11 is 0. The van der Waals surface area contributed by atoms with Crippen LogP contribution in [-0.2, 0) is 6.42 Å². The highest BCUT2D eigenvalue weighted by Crippen LogP contribution is 2.19. The molecule has 0 spiro atoms. The number of carbonyl (C=O) groups excluding carboxylic acids is 1. The van der Waals surface area contributed by atoms with Crippen LogP contribution in [0.5, 0.6) is 0 Å². The van der Waals surface area contributed by atoms with Gasteiger partial charge in [-0.2, -0.15) is 4.57 Å². The van der Waals surface area contributed by atoms with Crippen molar-refractivity contribution in [1.82, 2.24) is 4.98 Å². The quantitative estimate of drug-likeness (QED) is 0.753. The van der Waals surface area contributed by atoms with Crippen LogP contribution in [0.4, 0.5) is 5.82 Å². The van der Waals surface area contributed by atoms with Crippen LogP contribution in [0.1, 0.15) is 10.6 Å². The first-order valence-electron chi connectivity index (χ1n) is 7.11. The normalized spacial score (nSPS) is 16.4. The molecule has 22 heavy (non-hydrogen) atoms. The summed E-state index contributed by atoms with van der Waals surface area (Å²) in [7, 11) is 0. The van der Waals surface area contributed by atoms with Crippen molar-refractivity contribution in [3.8, 4) is 11.3 Å². The molecule has 1 aliphatic rings. The Hall–Kier alpha value is -2.95. The van der Waals surface area contributed by atoms with E-state index in [-0.39, 0.29) is 11.9 Å². The number of fused-ring (bicyclic) bond motifs is 1. The fourth-order valence-corrected chi connectivity index (χ4v) is 2.64. The number of hydrogen-bond donors (Lipinski definition) is 1. The Morgan fingerprint density at radius 2 is 2.05 bits per heavy atom. The highest BCUT2D eigenvalue weighted by atomic mass is 16.3. The molecular formula is C17H14N3O2+. The lowest BCUT2D eigenvalue weighted by Gasteiger charge is -1.99. The van der Waals surface area contributed by atoms with Crippen molar-refractivity contribution in [2.75, 3.05) is 5.32 Å².